The molecule has 1 saturated heterocycles. The lowest BCUT2D eigenvalue weighted by molar-refractivity contribution is -0.126. The van der Waals surface area contributed by atoms with E-state index >= 15 is 0 Å². The number of amides is 1. The fourth-order valence-electron chi connectivity index (χ4n) is 2.19. The van der Waals surface area contributed by atoms with E-state index in [1.165, 1.54) is 0 Å². The summed E-state index contributed by atoms with van der Waals surface area (Å²) in [7, 11) is 0. The molecule has 0 radical (unpaired) electrons. The molecule has 72 valence electrons. The van der Waals surface area contributed by atoms with Crippen LogP contribution in [0, 0.1) is 17.3 Å². The zero-order valence-corrected chi connectivity index (χ0v) is 7.88. The minimum atomic E-state index is -0.0161. The molecular formula is C10H15NO2. The van der Waals surface area contributed by atoms with Crippen molar-refractivity contribution >= 4 is 5.91 Å². The van der Waals surface area contributed by atoms with Gasteiger partial charge >= 0.3 is 0 Å². The highest BCUT2D eigenvalue weighted by Gasteiger charge is 2.57. The van der Waals surface area contributed by atoms with Gasteiger partial charge in [0, 0.05) is 23.3 Å². The van der Waals surface area contributed by atoms with Crippen LogP contribution in [0.15, 0.2) is 0 Å². The first-order valence-corrected chi connectivity index (χ1v) is 5.09. The number of nitrogens with one attached hydrogen (secondary N) is 1. The van der Waals surface area contributed by atoms with Gasteiger partial charge in [0.15, 0.2) is 0 Å². The fraction of sp³-hybridized carbons (Fsp3) is 0.900. The highest BCUT2D eigenvalue weighted by atomic mass is 16.5. The van der Waals surface area contributed by atoms with Crippen molar-refractivity contribution in [1.29, 1.82) is 0 Å². The Morgan fingerprint density at radius 1 is 1.38 bits per heavy atom. The van der Waals surface area contributed by atoms with Crippen molar-refractivity contribution in [2.24, 2.45) is 17.3 Å². The SMILES string of the molecule is CC1(C(=O)NC2[C@H]3COC[C@H]23)CC1. The van der Waals surface area contributed by atoms with Gasteiger partial charge in [0.2, 0.25) is 5.91 Å². The van der Waals surface area contributed by atoms with E-state index in [1.807, 2.05) is 0 Å². The number of carbonyl (C=O) groups excluding carboxylic acids is 1. The highest BCUT2D eigenvalue weighted by Crippen LogP contribution is 2.48. The van der Waals surface area contributed by atoms with E-state index in [2.05, 4.69) is 12.2 Å². The molecule has 2 atom stereocenters. The van der Waals surface area contributed by atoms with Crippen LogP contribution in [0.4, 0.5) is 0 Å². The van der Waals surface area contributed by atoms with Crippen LogP contribution in [0.5, 0.6) is 0 Å². The quantitative estimate of drug-likeness (QED) is 0.675. The van der Waals surface area contributed by atoms with Crippen LogP contribution in [-0.2, 0) is 9.53 Å². The number of ether oxygens (including phenoxy) is 1. The van der Waals surface area contributed by atoms with Crippen molar-refractivity contribution < 1.29 is 9.53 Å². The van der Waals surface area contributed by atoms with Gasteiger partial charge in [0.05, 0.1) is 13.2 Å². The van der Waals surface area contributed by atoms with E-state index in [-0.39, 0.29) is 11.3 Å². The molecular weight excluding hydrogens is 166 g/mol. The first-order valence-electron chi connectivity index (χ1n) is 5.09. The Balaban J connectivity index is 1.56. The number of carbonyl (C=O) groups is 1. The molecule has 0 bridgehead atoms. The minimum Gasteiger partial charge on any atom is -0.381 e. The Morgan fingerprint density at radius 2 is 2.00 bits per heavy atom. The summed E-state index contributed by atoms with van der Waals surface area (Å²) in [5.41, 5.74) is -0.0161. The van der Waals surface area contributed by atoms with Crippen LogP contribution in [0.2, 0.25) is 0 Å². The fourth-order valence-corrected chi connectivity index (χ4v) is 2.19. The van der Waals surface area contributed by atoms with Gasteiger partial charge < -0.3 is 10.1 Å². The summed E-state index contributed by atoms with van der Waals surface area (Å²) >= 11 is 0. The van der Waals surface area contributed by atoms with E-state index in [0.29, 0.717) is 17.9 Å². The lowest BCUT2D eigenvalue weighted by atomic mass is 10.1. The highest BCUT2D eigenvalue weighted by molar-refractivity contribution is 5.85. The average molecular weight is 181 g/mol. The first kappa shape index (κ1) is 7.80. The van der Waals surface area contributed by atoms with E-state index in [1.54, 1.807) is 0 Å². The Morgan fingerprint density at radius 3 is 2.54 bits per heavy atom. The van der Waals surface area contributed by atoms with E-state index in [4.69, 9.17) is 4.74 Å². The Labute approximate surface area is 77.8 Å². The third kappa shape index (κ3) is 1.10. The van der Waals surface area contributed by atoms with Crippen LogP contribution >= 0.6 is 0 Å². The zero-order valence-electron chi connectivity index (χ0n) is 7.88. The van der Waals surface area contributed by atoms with Crippen molar-refractivity contribution in [3.05, 3.63) is 0 Å². The molecule has 1 heterocycles. The third-order valence-electron chi connectivity index (χ3n) is 3.80. The molecule has 3 aliphatic rings. The molecule has 3 heteroatoms. The molecule has 3 nitrogen and oxygen atoms in total. The topological polar surface area (TPSA) is 38.3 Å². The Kier molecular flexibility index (Phi) is 1.36. The molecule has 2 saturated carbocycles. The predicted octanol–water partition coefficient (Wildman–Crippen LogP) is 0.547. The monoisotopic (exact) mass is 181 g/mol. The van der Waals surface area contributed by atoms with Gasteiger partial charge in [0.25, 0.3) is 0 Å². The molecule has 13 heavy (non-hydrogen) atoms. The second-order valence-electron chi connectivity index (χ2n) is 4.93. The summed E-state index contributed by atoms with van der Waals surface area (Å²) in [6, 6.07) is 0.443. The molecule has 3 fully saturated rings. The lowest BCUT2D eigenvalue weighted by Gasteiger charge is -2.11. The number of rotatable bonds is 2. The summed E-state index contributed by atoms with van der Waals surface area (Å²) in [6.45, 7) is 3.76. The van der Waals surface area contributed by atoms with Crippen LogP contribution in [0.3, 0.4) is 0 Å². The van der Waals surface area contributed by atoms with Gasteiger partial charge in [-0.05, 0) is 12.8 Å². The second kappa shape index (κ2) is 2.27. The van der Waals surface area contributed by atoms with Gasteiger partial charge in [-0.25, -0.2) is 0 Å². The Bertz CT molecular complexity index is 250. The maximum atomic E-state index is 11.7. The molecule has 1 N–H and O–H groups in total. The van der Waals surface area contributed by atoms with E-state index < -0.39 is 0 Å². The largest absolute Gasteiger partial charge is 0.381 e. The van der Waals surface area contributed by atoms with Gasteiger partial charge in [-0.1, -0.05) is 6.92 Å². The lowest BCUT2D eigenvalue weighted by Crippen LogP contribution is -2.35. The minimum absolute atomic E-state index is 0.0161. The number of hydrogen-bond acceptors (Lipinski definition) is 2. The van der Waals surface area contributed by atoms with Gasteiger partial charge in [0.1, 0.15) is 0 Å². The van der Waals surface area contributed by atoms with Gasteiger partial charge in [-0.3, -0.25) is 4.79 Å². The normalized spacial score (nSPS) is 43.9. The number of hydrogen-bond donors (Lipinski definition) is 1. The molecule has 0 aromatic rings. The van der Waals surface area contributed by atoms with Crippen LogP contribution in [0.25, 0.3) is 0 Å². The summed E-state index contributed by atoms with van der Waals surface area (Å²) in [4.78, 5) is 11.7. The molecule has 0 aromatic heterocycles. The molecule has 0 spiro atoms. The van der Waals surface area contributed by atoms with Crippen molar-refractivity contribution in [2.45, 2.75) is 25.8 Å². The van der Waals surface area contributed by atoms with Crippen molar-refractivity contribution in [3.63, 3.8) is 0 Å². The van der Waals surface area contributed by atoms with Gasteiger partial charge in [-0.2, -0.15) is 0 Å². The average Bonchev–Trinajstić information content (AvgIpc) is 2.95. The summed E-state index contributed by atoms with van der Waals surface area (Å²) in [5.74, 6) is 1.53. The summed E-state index contributed by atoms with van der Waals surface area (Å²) in [6.07, 6.45) is 2.13. The molecule has 1 aliphatic heterocycles. The van der Waals surface area contributed by atoms with Crippen LogP contribution in [-0.4, -0.2) is 25.2 Å². The molecule has 0 aromatic carbocycles. The predicted molar refractivity (Wildman–Crippen MR) is 47.1 cm³/mol. The maximum absolute atomic E-state index is 11.7. The van der Waals surface area contributed by atoms with E-state index in [9.17, 15) is 4.79 Å². The Hall–Kier alpha value is -0.570. The van der Waals surface area contributed by atoms with Crippen LogP contribution in [0.1, 0.15) is 19.8 Å². The van der Waals surface area contributed by atoms with Crippen LogP contribution < -0.4 is 5.32 Å². The van der Waals surface area contributed by atoms with Crippen molar-refractivity contribution in [1.82, 2.24) is 5.32 Å². The zero-order chi connectivity index (χ0) is 9.05. The van der Waals surface area contributed by atoms with Crippen molar-refractivity contribution in [3.8, 4) is 0 Å². The van der Waals surface area contributed by atoms with E-state index in [0.717, 1.165) is 26.1 Å². The maximum Gasteiger partial charge on any atom is 0.226 e. The standard InChI is InChI=1S/C10H15NO2/c1-10(2-3-10)9(12)11-8-6-4-13-5-7(6)8/h6-8H,2-5H2,1H3,(H,11,12)/t6-,7-/m0/s1. The number of fused-ring (bicyclic) bond motifs is 1. The first-order chi connectivity index (χ1) is 6.21. The smallest absolute Gasteiger partial charge is 0.226 e. The molecule has 2 aliphatic carbocycles. The van der Waals surface area contributed by atoms with Crippen molar-refractivity contribution in [2.75, 3.05) is 13.2 Å². The van der Waals surface area contributed by atoms with Gasteiger partial charge in [-0.15, -0.1) is 0 Å². The molecule has 0 unspecified atom stereocenters. The third-order valence-corrected chi connectivity index (χ3v) is 3.80. The summed E-state index contributed by atoms with van der Waals surface area (Å²) in [5, 5.41) is 3.14. The second-order valence-corrected chi connectivity index (χ2v) is 4.93. The molecule has 1 amide bonds. The summed E-state index contributed by atoms with van der Waals surface area (Å²) < 4.78 is 5.27. The molecule has 3 rings (SSSR count).